The van der Waals surface area contributed by atoms with E-state index in [1.165, 1.54) is 0 Å². The maximum atomic E-state index is 12.1. The molecule has 0 bridgehead atoms. The minimum Gasteiger partial charge on any atom is -0.458 e. The molecule has 0 aromatic rings. The fourth-order valence-electron chi connectivity index (χ4n) is 1.82. The summed E-state index contributed by atoms with van der Waals surface area (Å²) in [5, 5.41) is 0. The van der Waals surface area contributed by atoms with Crippen molar-refractivity contribution >= 4 is 18.0 Å². The average Bonchev–Trinajstić information content (AvgIpc) is 2.54. The van der Waals surface area contributed by atoms with Crippen LogP contribution < -0.4 is 0 Å². The molecule has 1 fully saturated rings. The van der Waals surface area contributed by atoms with E-state index < -0.39 is 35.2 Å². The SMILES string of the molecule is CC(C)(C)OC(=O)[C@H]1CCC(=O)N1C(=O)OC(C)(C)C. The Morgan fingerprint density at radius 3 is 2.00 bits per heavy atom. The third kappa shape index (κ3) is 4.51. The summed E-state index contributed by atoms with van der Waals surface area (Å²) < 4.78 is 10.4. The summed E-state index contributed by atoms with van der Waals surface area (Å²) in [6.07, 6.45) is -0.383. The fourth-order valence-corrected chi connectivity index (χ4v) is 1.82. The summed E-state index contributed by atoms with van der Waals surface area (Å²) in [4.78, 5) is 36.8. The van der Waals surface area contributed by atoms with E-state index in [1.807, 2.05) is 0 Å². The Kier molecular flexibility index (Phi) is 4.46. The third-order valence-electron chi connectivity index (χ3n) is 2.48. The van der Waals surface area contributed by atoms with Gasteiger partial charge in [0.1, 0.15) is 17.2 Å². The van der Waals surface area contributed by atoms with Crippen LogP contribution in [0.1, 0.15) is 54.4 Å². The van der Waals surface area contributed by atoms with Crippen molar-refractivity contribution in [1.82, 2.24) is 4.90 Å². The third-order valence-corrected chi connectivity index (χ3v) is 2.48. The van der Waals surface area contributed by atoms with Crippen molar-refractivity contribution < 1.29 is 23.9 Å². The first-order valence-electron chi connectivity index (χ1n) is 6.68. The molecule has 6 heteroatoms. The Morgan fingerprint density at radius 2 is 1.55 bits per heavy atom. The van der Waals surface area contributed by atoms with Crippen LogP contribution in [-0.4, -0.2) is 40.1 Å². The van der Waals surface area contributed by atoms with Gasteiger partial charge >= 0.3 is 12.1 Å². The number of nitrogens with zero attached hydrogens (tertiary/aromatic N) is 1. The van der Waals surface area contributed by atoms with E-state index in [0.717, 1.165) is 4.90 Å². The zero-order chi connectivity index (χ0) is 15.7. The van der Waals surface area contributed by atoms with Crippen LogP contribution in [0.15, 0.2) is 0 Å². The average molecular weight is 285 g/mol. The first kappa shape index (κ1) is 16.5. The Bertz CT molecular complexity index is 416. The highest BCUT2D eigenvalue weighted by Crippen LogP contribution is 2.24. The van der Waals surface area contributed by atoms with E-state index in [0.29, 0.717) is 0 Å². The molecule has 6 nitrogen and oxygen atoms in total. The molecular formula is C14H23NO5. The van der Waals surface area contributed by atoms with Crippen LogP contribution in [0, 0.1) is 0 Å². The summed E-state index contributed by atoms with van der Waals surface area (Å²) in [7, 11) is 0. The normalized spacial score (nSPS) is 20.0. The zero-order valence-corrected chi connectivity index (χ0v) is 13.0. The Balaban J connectivity index is 2.84. The standard InChI is InChI=1S/C14H23NO5/c1-13(2,3)19-11(17)9-7-8-10(16)15(9)12(18)20-14(4,5)6/h9H,7-8H2,1-6H3/t9-/m1/s1. The van der Waals surface area contributed by atoms with Crippen LogP contribution in [0.4, 0.5) is 4.79 Å². The Labute approximate surface area is 119 Å². The van der Waals surface area contributed by atoms with Gasteiger partial charge in [-0.2, -0.15) is 0 Å². The molecule has 0 spiro atoms. The maximum absolute atomic E-state index is 12.1. The lowest BCUT2D eigenvalue weighted by Gasteiger charge is -2.28. The van der Waals surface area contributed by atoms with Crippen LogP contribution in [0.3, 0.4) is 0 Å². The quantitative estimate of drug-likeness (QED) is 0.691. The van der Waals surface area contributed by atoms with Gasteiger partial charge in [0.05, 0.1) is 0 Å². The van der Waals surface area contributed by atoms with Gasteiger partial charge in [-0.3, -0.25) is 4.79 Å². The number of esters is 1. The number of likely N-dealkylation sites (tertiary alicyclic amines) is 1. The van der Waals surface area contributed by atoms with Crippen molar-refractivity contribution in [3.05, 3.63) is 0 Å². The van der Waals surface area contributed by atoms with Crippen molar-refractivity contribution in [2.45, 2.75) is 71.6 Å². The lowest BCUT2D eigenvalue weighted by Crippen LogP contribution is -2.47. The van der Waals surface area contributed by atoms with Gasteiger partial charge in [0.25, 0.3) is 0 Å². The lowest BCUT2D eigenvalue weighted by molar-refractivity contribution is -0.161. The highest BCUT2D eigenvalue weighted by Gasteiger charge is 2.44. The molecular weight excluding hydrogens is 262 g/mol. The summed E-state index contributed by atoms with van der Waals surface area (Å²) in [5.41, 5.74) is -1.39. The molecule has 0 unspecified atom stereocenters. The van der Waals surface area contributed by atoms with Crippen molar-refractivity contribution in [1.29, 1.82) is 0 Å². The molecule has 0 aliphatic carbocycles. The fraction of sp³-hybridized carbons (Fsp3) is 0.786. The Hall–Kier alpha value is -1.59. The predicted octanol–water partition coefficient (Wildman–Crippen LogP) is 2.25. The molecule has 2 amide bonds. The number of imide groups is 1. The maximum Gasteiger partial charge on any atom is 0.417 e. The molecule has 0 saturated carbocycles. The largest absolute Gasteiger partial charge is 0.458 e. The van der Waals surface area contributed by atoms with Gasteiger partial charge in [-0.1, -0.05) is 0 Å². The van der Waals surface area contributed by atoms with Gasteiger partial charge in [-0.15, -0.1) is 0 Å². The minimum atomic E-state index is -0.892. The first-order valence-corrected chi connectivity index (χ1v) is 6.68. The van der Waals surface area contributed by atoms with Crippen molar-refractivity contribution in [2.75, 3.05) is 0 Å². The van der Waals surface area contributed by atoms with Crippen molar-refractivity contribution in [3.63, 3.8) is 0 Å². The second-order valence-electron chi connectivity index (χ2n) is 6.83. The molecule has 0 N–H and O–H groups in total. The second kappa shape index (κ2) is 5.42. The van der Waals surface area contributed by atoms with Gasteiger partial charge in [0.2, 0.25) is 5.91 Å². The number of hydrogen-bond donors (Lipinski definition) is 0. The van der Waals surface area contributed by atoms with Crippen LogP contribution in [0.25, 0.3) is 0 Å². The number of hydrogen-bond acceptors (Lipinski definition) is 5. The van der Waals surface area contributed by atoms with Crippen molar-refractivity contribution in [3.8, 4) is 0 Å². The van der Waals surface area contributed by atoms with E-state index in [-0.39, 0.29) is 12.8 Å². The number of ether oxygens (including phenoxy) is 2. The van der Waals surface area contributed by atoms with Gasteiger partial charge < -0.3 is 9.47 Å². The van der Waals surface area contributed by atoms with E-state index in [2.05, 4.69) is 0 Å². The second-order valence-corrected chi connectivity index (χ2v) is 6.83. The highest BCUT2D eigenvalue weighted by atomic mass is 16.6. The highest BCUT2D eigenvalue weighted by molar-refractivity contribution is 5.99. The molecule has 1 saturated heterocycles. The number of carbonyl (C=O) groups is 3. The monoisotopic (exact) mass is 285 g/mol. The number of amides is 2. The molecule has 0 aromatic heterocycles. The van der Waals surface area contributed by atoms with Crippen LogP contribution in [0.2, 0.25) is 0 Å². The molecule has 1 heterocycles. The van der Waals surface area contributed by atoms with Crippen LogP contribution in [0.5, 0.6) is 0 Å². The predicted molar refractivity (Wildman–Crippen MR) is 71.9 cm³/mol. The zero-order valence-electron chi connectivity index (χ0n) is 13.0. The molecule has 1 aliphatic heterocycles. The summed E-state index contributed by atoms with van der Waals surface area (Å²) in [6.45, 7) is 10.3. The molecule has 1 aliphatic rings. The smallest absolute Gasteiger partial charge is 0.417 e. The van der Waals surface area contributed by atoms with E-state index in [9.17, 15) is 14.4 Å². The van der Waals surface area contributed by atoms with Gasteiger partial charge in [0, 0.05) is 6.42 Å². The van der Waals surface area contributed by atoms with E-state index in [1.54, 1.807) is 41.5 Å². The van der Waals surface area contributed by atoms with Crippen LogP contribution in [-0.2, 0) is 19.1 Å². The van der Waals surface area contributed by atoms with Gasteiger partial charge in [0.15, 0.2) is 0 Å². The van der Waals surface area contributed by atoms with Crippen LogP contribution >= 0.6 is 0 Å². The summed E-state index contributed by atoms with van der Waals surface area (Å²) in [5.74, 6) is -0.982. The van der Waals surface area contributed by atoms with E-state index >= 15 is 0 Å². The number of rotatable bonds is 1. The minimum absolute atomic E-state index is 0.142. The lowest BCUT2D eigenvalue weighted by atomic mass is 10.1. The molecule has 0 radical (unpaired) electrons. The van der Waals surface area contributed by atoms with Crippen molar-refractivity contribution in [2.24, 2.45) is 0 Å². The summed E-state index contributed by atoms with van der Waals surface area (Å²) in [6, 6.07) is -0.892. The Morgan fingerprint density at radius 1 is 1.05 bits per heavy atom. The first-order chi connectivity index (χ1) is 8.91. The molecule has 1 atom stereocenters. The topological polar surface area (TPSA) is 72.9 Å². The number of carbonyl (C=O) groups excluding carboxylic acids is 3. The summed E-state index contributed by atoms with van der Waals surface area (Å²) >= 11 is 0. The van der Waals surface area contributed by atoms with Gasteiger partial charge in [-0.05, 0) is 48.0 Å². The van der Waals surface area contributed by atoms with Gasteiger partial charge in [-0.25, -0.2) is 14.5 Å². The molecule has 114 valence electrons. The molecule has 0 aromatic carbocycles. The molecule has 20 heavy (non-hydrogen) atoms. The van der Waals surface area contributed by atoms with E-state index in [4.69, 9.17) is 9.47 Å². The molecule has 1 rings (SSSR count).